The predicted octanol–water partition coefficient (Wildman–Crippen LogP) is 4.22. The molecule has 2 aromatic carbocycles. The van der Waals surface area contributed by atoms with Crippen molar-refractivity contribution in [2.24, 2.45) is 0 Å². The van der Waals surface area contributed by atoms with Crippen molar-refractivity contribution >= 4 is 55.2 Å². The maximum Gasteiger partial charge on any atom is 0.323 e. The van der Waals surface area contributed by atoms with Gasteiger partial charge in [-0.05, 0) is 36.4 Å². The Morgan fingerprint density at radius 3 is 2.36 bits per heavy atom. The number of nitrogens with one attached hydrogen (secondary N) is 3. The SMILES string of the molecule is CNC(=O)c1ccc(Br)cc1NC(=O)Nc1cccc(Br)c1. The summed E-state index contributed by atoms with van der Waals surface area (Å²) in [5, 5.41) is 7.93. The lowest BCUT2D eigenvalue weighted by atomic mass is 10.1. The van der Waals surface area contributed by atoms with Gasteiger partial charge < -0.3 is 16.0 Å². The number of halogens is 2. The molecule has 0 aliphatic heterocycles. The molecule has 0 fully saturated rings. The van der Waals surface area contributed by atoms with Crippen LogP contribution in [0.4, 0.5) is 16.2 Å². The summed E-state index contributed by atoms with van der Waals surface area (Å²) < 4.78 is 1.62. The fourth-order valence-corrected chi connectivity index (χ4v) is 2.56. The van der Waals surface area contributed by atoms with Crippen LogP contribution >= 0.6 is 31.9 Å². The van der Waals surface area contributed by atoms with Gasteiger partial charge in [0.05, 0.1) is 11.3 Å². The molecule has 0 aliphatic carbocycles. The molecule has 7 heteroatoms. The van der Waals surface area contributed by atoms with Crippen molar-refractivity contribution < 1.29 is 9.59 Å². The van der Waals surface area contributed by atoms with Crippen LogP contribution in [0, 0.1) is 0 Å². The highest BCUT2D eigenvalue weighted by Crippen LogP contribution is 2.22. The zero-order chi connectivity index (χ0) is 16.1. The minimum atomic E-state index is -0.429. The van der Waals surface area contributed by atoms with Gasteiger partial charge >= 0.3 is 6.03 Å². The summed E-state index contributed by atoms with van der Waals surface area (Å²) >= 11 is 6.66. The molecule has 0 aliphatic rings. The summed E-state index contributed by atoms with van der Waals surface area (Å²) in [7, 11) is 1.54. The lowest BCUT2D eigenvalue weighted by molar-refractivity contribution is 0.0964. The van der Waals surface area contributed by atoms with Gasteiger partial charge in [-0.1, -0.05) is 37.9 Å². The Kier molecular flexibility index (Phi) is 5.57. The molecule has 2 aromatic rings. The molecule has 0 atom stereocenters. The van der Waals surface area contributed by atoms with Gasteiger partial charge in [-0.3, -0.25) is 4.79 Å². The lowest BCUT2D eigenvalue weighted by Crippen LogP contribution is -2.24. The highest BCUT2D eigenvalue weighted by molar-refractivity contribution is 9.10. The Hall–Kier alpha value is -1.86. The maximum absolute atomic E-state index is 12.1. The van der Waals surface area contributed by atoms with Crippen molar-refractivity contribution in [2.75, 3.05) is 17.7 Å². The summed E-state index contributed by atoms with van der Waals surface area (Å²) in [5.41, 5.74) is 1.44. The van der Waals surface area contributed by atoms with E-state index in [-0.39, 0.29) is 5.91 Å². The van der Waals surface area contributed by atoms with E-state index >= 15 is 0 Å². The van der Waals surface area contributed by atoms with Crippen molar-refractivity contribution in [3.05, 3.63) is 57.0 Å². The molecular formula is C15H13Br2N3O2. The van der Waals surface area contributed by atoms with Crippen LogP contribution in [-0.2, 0) is 0 Å². The highest BCUT2D eigenvalue weighted by Gasteiger charge is 2.13. The third-order valence-corrected chi connectivity index (χ3v) is 3.77. The first-order chi connectivity index (χ1) is 10.5. The van der Waals surface area contributed by atoms with E-state index in [0.717, 1.165) is 8.95 Å². The maximum atomic E-state index is 12.1. The molecule has 0 aromatic heterocycles. The van der Waals surface area contributed by atoms with E-state index in [1.165, 1.54) is 7.05 Å². The number of hydrogen-bond acceptors (Lipinski definition) is 2. The van der Waals surface area contributed by atoms with Crippen molar-refractivity contribution in [3.63, 3.8) is 0 Å². The number of benzene rings is 2. The quantitative estimate of drug-likeness (QED) is 0.687. The van der Waals surface area contributed by atoms with Crippen LogP contribution in [0.15, 0.2) is 51.4 Å². The van der Waals surface area contributed by atoms with Crippen molar-refractivity contribution in [2.45, 2.75) is 0 Å². The zero-order valence-corrected chi connectivity index (χ0v) is 14.8. The molecule has 5 nitrogen and oxygen atoms in total. The molecule has 0 bridgehead atoms. The van der Waals surface area contributed by atoms with Crippen LogP contribution in [0.3, 0.4) is 0 Å². The number of hydrogen-bond donors (Lipinski definition) is 3. The van der Waals surface area contributed by atoms with Gasteiger partial charge in [0.1, 0.15) is 0 Å². The normalized spacial score (nSPS) is 9.95. The van der Waals surface area contributed by atoms with Crippen molar-refractivity contribution in [3.8, 4) is 0 Å². The Labute approximate surface area is 144 Å². The van der Waals surface area contributed by atoms with Crippen LogP contribution in [-0.4, -0.2) is 19.0 Å². The number of amides is 3. The van der Waals surface area contributed by atoms with Gasteiger partial charge in [-0.25, -0.2) is 4.79 Å². The second kappa shape index (κ2) is 7.42. The van der Waals surface area contributed by atoms with Gasteiger partial charge in [0.15, 0.2) is 0 Å². The average molecular weight is 427 g/mol. The molecule has 0 unspecified atom stereocenters. The Morgan fingerprint density at radius 2 is 1.68 bits per heavy atom. The topological polar surface area (TPSA) is 70.2 Å². The first-order valence-electron chi connectivity index (χ1n) is 6.35. The van der Waals surface area contributed by atoms with Crippen LogP contribution in [0.25, 0.3) is 0 Å². The standard InChI is InChI=1S/C15H13Br2N3O2/c1-18-14(21)12-6-5-10(17)8-13(12)20-15(22)19-11-4-2-3-9(16)7-11/h2-8H,1H3,(H,18,21)(H2,19,20,22). The molecule has 0 radical (unpaired) electrons. The third kappa shape index (κ3) is 4.32. The number of carbonyl (C=O) groups is 2. The van der Waals surface area contributed by atoms with E-state index < -0.39 is 6.03 Å². The van der Waals surface area contributed by atoms with Crippen LogP contribution < -0.4 is 16.0 Å². The summed E-state index contributed by atoms with van der Waals surface area (Å²) in [6.07, 6.45) is 0. The number of anilines is 2. The number of rotatable bonds is 3. The van der Waals surface area contributed by atoms with E-state index in [1.807, 2.05) is 12.1 Å². The Bertz CT molecular complexity index is 720. The second-order valence-corrected chi connectivity index (χ2v) is 6.19. The van der Waals surface area contributed by atoms with E-state index in [4.69, 9.17) is 0 Å². The molecular weight excluding hydrogens is 414 g/mol. The summed E-state index contributed by atoms with van der Waals surface area (Å²) in [6.45, 7) is 0. The smallest absolute Gasteiger partial charge is 0.323 e. The van der Waals surface area contributed by atoms with E-state index in [9.17, 15) is 9.59 Å². The minimum absolute atomic E-state index is 0.273. The number of carbonyl (C=O) groups excluding carboxylic acids is 2. The molecule has 0 heterocycles. The van der Waals surface area contributed by atoms with Gasteiger partial charge in [0.2, 0.25) is 0 Å². The molecule has 22 heavy (non-hydrogen) atoms. The molecule has 0 saturated heterocycles. The molecule has 114 valence electrons. The third-order valence-electron chi connectivity index (χ3n) is 2.78. The van der Waals surface area contributed by atoms with Gasteiger partial charge in [0, 0.05) is 21.7 Å². The molecule has 3 amide bonds. The Morgan fingerprint density at radius 1 is 0.955 bits per heavy atom. The van der Waals surface area contributed by atoms with E-state index in [0.29, 0.717) is 16.9 Å². The van der Waals surface area contributed by atoms with Gasteiger partial charge in [-0.2, -0.15) is 0 Å². The molecule has 0 spiro atoms. The Balaban J connectivity index is 2.17. The fraction of sp³-hybridized carbons (Fsp3) is 0.0667. The van der Waals surface area contributed by atoms with Crippen molar-refractivity contribution in [1.82, 2.24) is 5.32 Å². The second-order valence-electron chi connectivity index (χ2n) is 4.36. The fourth-order valence-electron chi connectivity index (χ4n) is 1.80. The zero-order valence-electron chi connectivity index (χ0n) is 11.6. The van der Waals surface area contributed by atoms with Crippen molar-refractivity contribution in [1.29, 1.82) is 0 Å². The van der Waals surface area contributed by atoms with Crippen LogP contribution in [0.1, 0.15) is 10.4 Å². The van der Waals surface area contributed by atoms with Crippen LogP contribution in [0.2, 0.25) is 0 Å². The van der Waals surface area contributed by atoms with Crippen LogP contribution in [0.5, 0.6) is 0 Å². The highest BCUT2D eigenvalue weighted by atomic mass is 79.9. The predicted molar refractivity (Wildman–Crippen MR) is 94.3 cm³/mol. The molecule has 3 N–H and O–H groups in total. The first kappa shape index (κ1) is 16.5. The van der Waals surface area contributed by atoms with E-state index in [1.54, 1.807) is 30.3 Å². The minimum Gasteiger partial charge on any atom is -0.355 e. The first-order valence-corrected chi connectivity index (χ1v) is 7.93. The average Bonchev–Trinajstić information content (AvgIpc) is 2.46. The summed E-state index contributed by atoms with van der Waals surface area (Å²) in [6, 6.07) is 11.8. The number of urea groups is 1. The van der Waals surface area contributed by atoms with E-state index in [2.05, 4.69) is 47.8 Å². The summed E-state index contributed by atoms with van der Waals surface area (Å²) in [5.74, 6) is -0.273. The van der Waals surface area contributed by atoms with Gasteiger partial charge in [-0.15, -0.1) is 0 Å². The summed E-state index contributed by atoms with van der Waals surface area (Å²) in [4.78, 5) is 23.9. The monoisotopic (exact) mass is 425 g/mol. The molecule has 2 rings (SSSR count). The lowest BCUT2D eigenvalue weighted by Gasteiger charge is -2.12. The van der Waals surface area contributed by atoms with Gasteiger partial charge in [0.25, 0.3) is 5.91 Å². The largest absolute Gasteiger partial charge is 0.355 e. The molecule has 0 saturated carbocycles.